The minimum atomic E-state index is -0.0386. The molecule has 0 radical (unpaired) electrons. The first kappa shape index (κ1) is 14.0. The second-order valence-electron chi connectivity index (χ2n) is 5.50. The molecule has 1 aliphatic heterocycles. The van der Waals surface area contributed by atoms with Gasteiger partial charge in [0.2, 0.25) is 5.95 Å². The summed E-state index contributed by atoms with van der Waals surface area (Å²) < 4.78 is 7.13. The fourth-order valence-corrected chi connectivity index (χ4v) is 2.91. The lowest BCUT2D eigenvalue weighted by atomic mass is 10.2. The van der Waals surface area contributed by atoms with Gasteiger partial charge in [-0.1, -0.05) is 30.3 Å². The Labute approximate surface area is 133 Å². The van der Waals surface area contributed by atoms with Crippen molar-refractivity contribution in [1.82, 2.24) is 9.55 Å². The summed E-state index contributed by atoms with van der Waals surface area (Å²) >= 11 is 0. The van der Waals surface area contributed by atoms with Gasteiger partial charge in [0.15, 0.2) is 0 Å². The molecule has 0 atom stereocenters. The second kappa shape index (κ2) is 5.85. The Balaban J connectivity index is 2.00. The molecule has 0 aliphatic carbocycles. The lowest BCUT2D eigenvalue weighted by Crippen LogP contribution is -2.40. The number of anilines is 1. The first-order valence-corrected chi connectivity index (χ1v) is 7.74. The molecule has 0 bridgehead atoms. The topological polar surface area (TPSA) is 47.4 Å². The number of benzene rings is 2. The molecule has 2 heterocycles. The number of hydrogen-bond acceptors (Lipinski definition) is 4. The molecule has 0 saturated carbocycles. The molecule has 0 spiro atoms. The van der Waals surface area contributed by atoms with Crippen molar-refractivity contribution in [3.63, 3.8) is 0 Å². The zero-order valence-corrected chi connectivity index (χ0v) is 12.7. The molecule has 3 aromatic rings. The molecule has 0 N–H and O–H groups in total. The van der Waals surface area contributed by atoms with Gasteiger partial charge in [0, 0.05) is 13.1 Å². The predicted molar refractivity (Wildman–Crippen MR) is 90.4 cm³/mol. The normalized spacial score (nSPS) is 15.0. The Hall–Kier alpha value is -2.66. The van der Waals surface area contributed by atoms with Gasteiger partial charge in [-0.15, -0.1) is 0 Å². The fourth-order valence-electron chi connectivity index (χ4n) is 2.91. The average molecular weight is 307 g/mol. The molecule has 1 fully saturated rings. The molecule has 5 nitrogen and oxygen atoms in total. The number of para-hydroxylation sites is 2. The van der Waals surface area contributed by atoms with E-state index in [4.69, 9.17) is 9.72 Å². The summed E-state index contributed by atoms with van der Waals surface area (Å²) in [6, 6.07) is 17.2. The Morgan fingerprint density at radius 2 is 1.61 bits per heavy atom. The lowest BCUT2D eigenvalue weighted by molar-refractivity contribution is 0.122. The molecule has 1 aromatic heterocycles. The summed E-state index contributed by atoms with van der Waals surface area (Å²) in [7, 11) is 0. The first-order valence-electron chi connectivity index (χ1n) is 7.74. The van der Waals surface area contributed by atoms with Crippen LogP contribution in [-0.4, -0.2) is 35.9 Å². The zero-order chi connectivity index (χ0) is 15.6. The highest BCUT2D eigenvalue weighted by Gasteiger charge is 2.20. The van der Waals surface area contributed by atoms with Crippen LogP contribution in [0.3, 0.4) is 0 Å². The summed E-state index contributed by atoms with van der Waals surface area (Å²) in [6.07, 6.45) is 0. The lowest BCUT2D eigenvalue weighted by Gasteiger charge is -2.29. The third kappa shape index (κ3) is 2.49. The molecule has 5 heteroatoms. The van der Waals surface area contributed by atoms with E-state index in [1.54, 1.807) is 4.57 Å². The molecule has 4 rings (SSSR count). The standard InChI is InChI=1S/C18H17N3O2/c22-17-15-8-4-5-9-16(15)19-18(20-10-12-23-13-11-20)21(17)14-6-2-1-3-7-14/h1-9H,10-13H2. The Morgan fingerprint density at radius 1 is 0.913 bits per heavy atom. The maximum absolute atomic E-state index is 13.1. The van der Waals surface area contributed by atoms with E-state index in [2.05, 4.69) is 4.90 Å². The number of ether oxygens (including phenoxy) is 1. The van der Waals surface area contributed by atoms with Gasteiger partial charge in [0.1, 0.15) is 0 Å². The number of rotatable bonds is 2. The van der Waals surface area contributed by atoms with Crippen molar-refractivity contribution < 1.29 is 4.74 Å². The molecule has 1 saturated heterocycles. The van der Waals surface area contributed by atoms with Crippen LogP contribution in [0.4, 0.5) is 5.95 Å². The highest BCUT2D eigenvalue weighted by molar-refractivity contribution is 5.79. The van der Waals surface area contributed by atoms with Crippen LogP contribution < -0.4 is 10.5 Å². The summed E-state index contributed by atoms with van der Waals surface area (Å²) in [5.41, 5.74) is 1.52. The summed E-state index contributed by atoms with van der Waals surface area (Å²) in [5, 5.41) is 0.633. The van der Waals surface area contributed by atoms with Crippen molar-refractivity contribution in [3.8, 4) is 5.69 Å². The molecule has 0 amide bonds. The molecule has 23 heavy (non-hydrogen) atoms. The van der Waals surface area contributed by atoms with E-state index in [-0.39, 0.29) is 5.56 Å². The van der Waals surface area contributed by atoms with Crippen molar-refractivity contribution >= 4 is 16.9 Å². The van der Waals surface area contributed by atoms with Gasteiger partial charge in [0.05, 0.1) is 29.8 Å². The van der Waals surface area contributed by atoms with Crippen molar-refractivity contribution in [2.24, 2.45) is 0 Å². The van der Waals surface area contributed by atoms with Crippen LogP contribution in [0, 0.1) is 0 Å². The van der Waals surface area contributed by atoms with Gasteiger partial charge in [-0.25, -0.2) is 9.55 Å². The summed E-state index contributed by atoms with van der Waals surface area (Å²) in [6.45, 7) is 2.77. The van der Waals surface area contributed by atoms with Crippen molar-refractivity contribution in [2.75, 3.05) is 31.2 Å². The fraction of sp³-hybridized carbons (Fsp3) is 0.222. The van der Waals surface area contributed by atoms with Crippen LogP contribution in [0.1, 0.15) is 0 Å². The highest BCUT2D eigenvalue weighted by atomic mass is 16.5. The van der Waals surface area contributed by atoms with Crippen LogP contribution in [0.25, 0.3) is 16.6 Å². The zero-order valence-electron chi connectivity index (χ0n) is 12.7. The first-order chi connectivity index (χ1) is 11.3. The monoisotopic (exact) mass is 307 g/mol. The maximum atomic E-state index is 13.1. The van der Waals surface area contributed by atoms with Crippen LogP contribution in [0.15, 0.2) is 59.4 Å². The number of morpholine rings is 1. The van der Waals surface area contributed by atoms with E-state index in [9.17, 15) is 4.79 Å². The van der Waals surface area contributed by atoms with Gasteiger partial charge in [-0.3, -0.25) is 4.79 Å². The van der Waals surface area contributed by atoms with Crippen LogP contribution in [-0.2, 0) is 4.74 Å². The number of hydrogen-bond donors (Lipinski definition) is 0. The average Bonchev–Trinajstić information content (AvgIpc) is 2.63. The van der Waals surface area contributed by atoms with Crippen molar-refractivity contribution in [1.29, 1.82) is 0 Å². The Kier molecular flexibility index (Phi) is 3.55. The van der Waals surface area contributed by atoms with Crippen LogP contribution >= 0.6 is 0 Å². The van der Waals surface area contributed by atoms with E-state index in [0.29, 0.717) is 24.5 Å². The van der Waals surface area contributed by atoms with E-state index < -0.39 is 0 Å². The van der Waals surface area contributed by atoms with Gasteiger partial charge in [-0.05, 0) is 24.3 Å². The summed E-state index contributed by atoms with van der Waals surface area (Å²) in [4.78, 5) is 19.9. The molecular weight excluding hydrogens is 290 g/mol. The quantitative estimate of drug-likeness (QED) is 0.728. The Bertz CT molecular complexity index is 884. The third-order valence-corrected chi connectivity index (χ3v) is 4.07. The minimum absolute atomic E-state index is 0.0386. The predicted octanol–water partition coefficient (Wildman–Crippen LogP) is 2.22. The minimum Gasteiger partial charge on any atom is -0.378 e. The molecule has 1 aliphatic rings. The van der Waals surface area contributed by atoms with Gasteiger partial charge < -0.3 is 9.64 Å². The van der Waals surface area contributed by atoms with Crippen LogP contribution in [0.5, 0.6) is 0 Å². The largest absolute Gasteiger partial charge is 0.378 e. The van der Waals surface area contributed by atoms with Crippen LogP contribution in [0.2, 0.25) is 0 Å². The highest BCUT2D eigenvalue weighted by Crippen LogP contribution is 2.20. The van der Waals surface area contributed by atoms with E-state index in [1.165, 1.54) is 0 Å². The molecular formula is C18H17N3O2. The van der Waals surface area contributed by atoms with E-state index in [1.807, 2.05) is 54.6 Å². The van der Waals surface area contributed by atoms with E-state index in [0.717, 1.165) is 24.3 Å². The molecule has 116 valence electrons. The number of aromatic nitrogens is 2. The SMILES string of the molecule is O=c1c2ccccc2nc(N2CCOCC2)n1-c1ccccc1. The molecule has 2 aromatic carbocycles. The third-order valence-electron chi connectivity index (χ3n) is 4.07. The smallest absolute Gasteiger partial charge is 0.267 e. The van der Waals surface area contributed by atoms with Gasteiger partial charge >= 0.3 is 0 Å². The molecule has 0 unspecified atom stereocenters. The second-order valence-corrected chi connectivity index (χ2v) is 5.50. The van der Waals surface area contributed by atoms with Crippen molar-refractivity contribution in [3.05, 3.63) is 65.0 Å². The number of fused-ring (bicyclic) bond motifs is 1. The van der Waals surface area contributed by atoms with E-state index >= 15 is 0 Å². The maximum Gasteiger partial charge on any atom is 0.267 e. The van der Waals surface area contributed by atoms with Crippen molar-refractivity contribution in [2.45, 2.75) is 0 Å². The van der Waals surface area contributed by atoms with Gasteiger partial charge in [0.25, 0.3) is 5.56 Å². The summed E-state index contributed by atoms with van der Waals surface area (Å²) in [5.74, 6) is 0.684. The number of nitrogens with zero attached hydrogens (tertiary/aromatic N) is 3. The Morgan fingerprint density at radius 3 is 2.39 bits per heavy atom. The van der Waals surface area contributed by atoms with Gasteiger partial charge in [-0.2, -0.15) is 0 Å².